The Morgan fingerprint density at radius 3 is 2.29 bits per heavy atom. The van der Waals surface area contributed by atoms with E-state index >= 15 is 0 Å². The zero-order valence-corrected chi connectivity index (χ0v) is 10.1. The van der Waals surface area contributed by atoms with Crippen molar-refractivity contribution in [2.24, 2.45) is 17.8 Å². The van der Waals surface area contributed by atoms with Crippen molar-refractivity contribution < 1.29 is 9.47 Å². The van der Waals surface area contributed by atoms with Crippen molar-refractivity contribution in [1.29, 1.82) is 0 Å². The first-order chi connectivity index (χ1) is 6.61. The van der Waals surface area contributed by atoms with Gasteiger partial charge in [0.05, 0.1) is 18.8 Å². The predicted molar refractivity (Wildman–Crippen MR) is 58.3 cm³/mol. The largest absolute Gasteiger partial charge is 0.384 e. The highest BCUT2D eigenvalue weighted by atomic mass is 16.5. The predicted octanol–water partition coefficient (Wildman–Crippen LogP) is 2.72. The lowest BCUT2D eigenvalue weighted by Crippen LogP contribution is -2.45. The normalized spacial score (nSPS) is 43.9. The minimum absolute atomic E-state index is 0.339. The molecule has 14 heavy (non-hydrogen) atoms. The molecule has 0 bridgehead atoms. The summed E-state index contributed by atoms with van der Waals surface area (Å²) in [6.45, 7) is 9.83. The van der Waals surface area contributed by atoms with E-state index in [2.05, 4.69) is 27.7 Å². The standard InChI is InChI=1S/C12H24O2/c1-6-12-9(3)8(2)11(7-13-5)10(4)14-12/h8-12H,6-7H2,1-5H3/t8?,9?,10-,11-,12-/m0/s1. The third-order valence-electron chi connectivity index (χ3n) is 3.84. The van der Waals surface area contributed by atoms with E-state index in [1.165, 1.54) is 0 Å². The average molecular weight is 200 g/mol. The molecule has 2 unspecified atom stereocenters. The molecule has 0 radical (unpaired) electrons. The van der Waals surface area contributed by atoms with Gasteiger partial charge >= 0.3 is 0 Å². The molecule has 2 heteroatoms. The van der Waals surface area contributed by atoms with Gasteiger partial charge in [-0.25, -0.2) is 0 Å². The van der Waals surface area contributed by atoms with Gasteiger partial charge < -0.3 is 9.47 Å². The lowest BCUT2D eigenvalue weighted by molar-refractivity contribution is -0.143. The summed E-state index contributed by atoms with van der Waals surface area (Å²) >= 11 is 0. The topological polar surface area (TPSA) is 18.5 Å². The summed E-state index contributed by atoms with van der Waals surface area (Å²) in [5, 5.41) is 0. The van der Waals surface area contributed by atoms with Crippen LogP contribution in [0, 0.1) is 17.8 Å². The molecule has 0 saturated carbocycles. The van der Waals surface area contributed by atoms with Crippen molar-refractivity contribution in [3.05, 3.63) is 0 Å². The monoisotopic (exact) mass is 200 g/mol. The summed E-state index contributed by atoms with van der Waals surface area (Å²) in [6, 6.07) is 0. The molecule has 84 valence electrons. The number of methoxy groups -OCH3 is 1. The maximum atomic E-state index is 6.00. The van der Waals surface area contributed by atoms with Crippen molar-refractivity contribution in [3.8, 4) is 0 Å². The van der Waals surface area contributed by atoms with E-state index in [4.69, 9.17) is 9.47 Å². The van der Waals surface area contributed by atoms with E-state index in [0.717, 1.165) is 13.0 Å². The van der Waals surface area contributed by atoms with E-state index < -0.39 is 0 Å². The summed E-state index contributed by atoms with van der Waals surface area (Å²) in [4.78, 5) is 0. The maximum Gasteiger partial charge on any atom is 0.0604 e. The second-order valence-corrected chi connectivity index (χ2v) is 4.63. The van der Waals surface area contributed by atoms with Gasteiger partial charge in [0.15, 0.2) is 0 Å². The molecule has 1 aliphatic rings. The molecule has 2 nitrogen and oxygen atoms in total. The Morgan fingerprint density at radius 2 is 1.79 bits per heavy atom. The summed E-state index contributed by atoms with van der Waals surface area (Å²) in [6.07, 6.45) is 1.90. The molecule has 1 saturated heterocycles. The van der Waals surface area contributed by atoms with Crippen LogP contribution >= 0.6 is 0 Å². The summed E-state index contributed by atoms with van der Waals surface area (Å²) in [5.74, 6) is 1.90. The first-order valence-electron chi connectivity index (χ1n) is 5.76. The Labute approximate surface area is 88.0 Å². The van der Waals surface area contributed by atoms with E-state index in [-0.39, 0.29) is 0 Å². The highest BCUT2D eigenvalue weighted by molar-refractivity contribution is 4.85. The quantitative estimate of drug-likeness (QED) is 0.697. The van der Waals surface area contributed by atoms with Gasteiger partial charge in [-0.05, 0) is 25.2 Å². The molecule has 0 aliphatic carbocycles. The van der Waals surface area contributed by atoms with Gasteiger partial charge in [-0.15, -0.1) is 0 Å². The van der Waals surface area contributed by atoms with Crippen molar-refractivity contribution in [2.45, 2.75) is 46.3 Å². The van der Waals surface area contributed by atoms with Crippen LogP contribution in [-0.2, 0) is 9.47 Å². The van der Waals surface area contributed by atoms with Gasteiger partial charge in [-0.3, -0.25) is 0 Å². The Balaban J connectivity index is 2.63. The van der Waals surface area contributed by atoms with Gasteiger partial charge in [-0.1, -0.05) is 20.8 Å². The molecule has 0 spiro atoms. The molecule has 0 amide bonds. The van der Waals surface area contributed by atoms with Crippen LogP contribution in [0.25, 0.3) is 0 Å². The van der Waals surface area contributed by atoms with Gasteiger partial charge in [0.2, 0.25) is 0 Å². The molecule has 1 rings (SSSR count). The van der Waals surface area contributed by atoms with Gasteiger partial charge in [0, 0.05) is 13.0 Å². The van der Waals surface area contributed by atoms with Gasteiger partial charge in [0.25, 0.3) is 0 Å². The SMILES string of the molecule is CC[C@@H]1O[C@@H](C)[C@@H](COC)C(C)C1C. The third kappa shape index (κ3) is 2.29. The van der Waals surface area contributed by atoms with E-state index in [1.54, 1.807) is 7.11 Å². The Bertz CT molecular complexity index is 170. The lowest BCUT2D eigenvalue weighted by Gasteiger charge is -2.43. The highest BCUT2D eigenvalue weighted by Gasteiger charge is 2.38. The van der Waals surface area contributed by atoms with Crippen LogP contribution in [0.1, 0.15) is 34.1 Å². The number of ether oxygens (including phenoxy) is 2. The fourth-order valence-corrected chi connectivity index (χ4v) is 2.60. The molecule has 0 aromatic rings. The second-order valence-electron chi connectivity index (χ2n) is 4.63. The zero-order chi connectivity index (χ0) is 10.7. The minimum Gasteiger partial charge on any atom is -0.384 e. The van der Waals surface area contributed by atoms with Crippen LogP contribution in [0.5, 0.6) is 0 Å². The third-order valence-corrected chi connectivity index (χ3v) is 3.84. The van der Waals surface area contributed by atoms with E-state index in [1.807, 2.05) is 0 Å². The fraction of sp³-hybridized carbons (Fsp3) is 1.00. The number of rotatable bonds is 3. The molecule has 1 aliphatic heterocycles. The first kappa shape index (κ1) is 12.0. The Morgan fingerprint density at radius 1 is 1.14 bits per heavy atom. The molecule has 0 aromatic carbocycles. The molecular weight excluding hydrogens is 176 g/mol. The van der Waals surface area contributed by atoms with Crippen molar-refractivity contribution >= 4 is 0 Å². The van der Waals surface area contributed by atoms with Crippen molar-refractivity contribution in [2.75, 3.05) is 13.7 Å². The fourth-order valence-electron chi connectivity index (χ4n) is 2.60. The van der Waals surface area contributed by atoms with Crippen LogP contribution < -0.4 is 0 Å². The van der Waals surface area contributed by atoms with Crippen LogP contribution in [0.4, 0.5) is 0 Å². The van der Waals surface area contributed by atoms with Crippen LogP contribution in [0.2, 0.25) is 0 Å². The van der Waals surface area contributed by atoms with Gasteiger partial charge in [0.1, 0.15) is 0 Å². The van der Waals surface area contributed by atoms with Crippen LogP contribution in [-0.4, -0.2) is 25.9 Å². The molecule has 0 aromatic heterocycles. The molecule has 1 heterocycles. The minimum atomic E-state index is 0.339. The van der Waals surface area contributed by atoms with Gasteiger partial charge in [-0.2, -0.15) is 0 Å². The van der Waals surface area contributed by atoms with Crippen molar-refractivity contribution in [3.63, 3.8) is 0 Å². The molecule has 5 atom stereocenters. The van der Waals surface area contributed by atoms with E-state index in [0.29, 0.717) is 30.0 Å². The molecular formula is C12H24O2. The number of hydrogen-bond donors (Lipinski definition) is 0. The summed E-state index contributed by atoms with van der Waals surface area (Å²) < 4.78 is 11.3. The summed E-state index contributed by atoms with van der Waals surface area (Å²) in [5.41, 5.74) is 0. The van der Waals surface area contributed by atoms with Crippen LogP contribution in [0.3, 0.4) is 0 Å². The second kappa shape index (κ2) is 5.13. The maximum absolute atomic E-state index is 6.00. The van der Waals surface area contributed by atoms with Crippen LogP contribution in [0.15, 0.2) is 0 Å². The number of hydrogen-bond acceptors (Lipinski definition) is 2. The van der Waals surface area contributed by atoms with Crippen molar-refractivity contribution in [1.82, 2.24) is 0 Å². The Hall–Kier alpha value is -0.0800. The average Bonchev–Trinajstić information content (AvgIpc) is 2.18. The molecule has 0 N–H and O–H groups in total. The first-order valence-corrected chi connectivity index (χ1v) is 5.76. The summed E-state index contributed by atoms with van der Waals surface area (Å²) in [7, 11) is 1.77. The molecule has 1 fully saturated rings. The van der Waals surface area contributed by atoms with E-state index in [9.17, 15) is 0 Å². The smallest absolute Gasteiger partial charge is 0.0604 e. The highest BCUT2D eigenvalue weighted by Crippen LogP contribution is 2.36. The Kier molecular flexibility index (Phi) is 4.39. The zero-order valence-electron chi connectivity index (χ0n) is 10.1. The lowest BCUT2D eigenvalue weighted by atomic mass is 9.75.